The molecule has 2 rings (SSSR count). The van der Waals surface area contributed by atoms with Crippen molar-refractivity contribution in [3.05, 3.63) is 24.3 Å². The first kappa shape index (κ1) is 10.7. The number of rotatable bonds is 3. The Balaban J connectivity index is 2.32. The molecule has 0 saturated carbocycles. The number of hydrogen-bond donors (Lipinski definition) is 1. The van der Waals surface area contributed by atoms with Gasteiger partial charge < -0.3 is 9.72 Å². The molecule has 0 radical (unpaired) electrons. The van der Waals surface area contributed by atoms with Crippen LogP contribution in [-0.4, -0.2) is 22.5 Å². The number of aromatic amines is 1. The van der Waals surface area contributed by atoms with Crippen LogP contribution in [0.1, 0.15) is 20.3 Å². The van der Waals surface area contributed by atoms with Crippen LogP contribution in [0.3, 0.4) is 0 Å². The van der Waals surface area contributed by atoms with Crippen molar-refractivity contribution < 1.29 is 4.74 Å². The molecular weight excluding hydrogens is 202 g/mol. The maximum Gasteiger partial charge on any atom is 0.230 e. The van der Waals surface area contributed by atoms with E-state index in [0.29, 0.717) is 18.5 Å². The average Bonchev–Trinajstić information content (AvgIpc) is 2.70. The lowest BCUT2D eigenvalue weighted by Gasteiger charge is -2.02. The van der Waals surface area contributed by atoms with E-state index in [4.69, 9.17) is 4.74 Å². The highest BCUT2D eigenvalue weighted by atomic mass is 16.5. The van der Waals surface area contributed by atoms with Gasteiger partial charge in [-0.3, -0.25) is 0 Å². The number of fused-ring (bicyclic) bond motifs is 1. The zero-order valence-electron chi connectivity index (χ0n) is 9.53. The summed E-state index contributed by atoms with van der Waals surface area (Å²) < 4.78 is 5.38. The third-order valence-corrected chi connectivity index (χ3v) is 2.22. The van der Waals surface area contributed by atoms with Gasteiger partial charge in [0, 0.05) is 6.42 Å². The van der Waals surface area contributed by atoms with Gasteiger partial charge in [0.2, 0.25) is 5.95 Å². The molecule has 0 aliphatic carbocycles. The summed E-state index contributed by atoms with van der Waals surface area (Å²) in [6.07, 6.45) is 0.769. The van der Waals surface area contributed by atoms with Gasteiger partial charge in [-0.25, -0.2) is 4.98 Å². The second-order valence-electron chi connectivity index (χ2n) is 3.37. The predicted octanol–water partition coefficient (Wildman–Crippen LogP) is 3.04. The summed E-state index contributed by atoms with van der Waals surface area (Å²) in [7, 11) is 0. The molecule has 0 aliphatic heterocycles. The molecule has 0 fully saturated rings. The third kappa shape index (κ3) is 2.21. The van der Waals surface area contributed by atoms with Crippen LogP contribution in [0.15, 0.2) is 29.3 Å². The number of imidazole rings is 1. The van der Waals surface area contributed by atoms with Crippen LogP contribution < -0.4 is 0 Å². The van der Waals surface area contributed by atoms with Crippen molar-refractivity contribution in [3.8, 4) is 0 Å². The maximum atomic E-state index is 5.38. The molecule has 1 aromatic heterocycles. The lowest BCUT2D eigenvalue weighted by Crippen LogP contribution is -2.02. The Morgan fingerprint density at radius 1 is 1.38 bits per heavy atom. The molecular formula is C12H15N3O. The SMILES string of the molecule is CCOC(CC)=Nc1nc2ccccc2[nH]1. The molecule has 0 aliphatic rings. The number of aliphatic imine (C=N–C) groups is 1. The summed E-state index contributed by atoms with van der Waals surface area (Å²) in [5, 5.41) is 0. The Hall–Kier alpha value is -1.84. The van der Waals surface area contributed by atoms with Gasteiger partial charge in [-0.15, -0.1) is 0 Å². The smallest absolute Gasteiger partial charge is 0.230 e. The molecule has 0 atom stereocenters. The quantitative estimate of drug-likeness (QED) is 0.634. The largest absolute Gasteiger partial charge is 0.481 e. The second kappa shape index (κ2) is 4.79. The topological polar surface area (TPSA) is 50.3 Å². The van der Waals surface area contributed by atoms with Gasteiger partial charge in [-0.05, 0) is 19.1 Å². The van der Waals surface area contributed by atoms with Crippen molar-refractivity contribution in [1.82, 2.24) is 9.97 Å². The van der Waals surface area contributed by atoms with Gasteiger partial charge in [0.1, 0.15) is 0 Å². The highest BCUT2D eigenvalue weighted by Crippen LogP contribution is 2.16. The zero-order chi connectivity index (χ0) is 11.4. The minimum atomic E-state index is 0.603. The molecule has 84 valence electrons. The second-order valence-corrected chi connectivity index (χ2v) is 3.37. The van der Waals surface area contributed by atoms with Crippen LogP contribution in [0, 0.1) is 0 Å². The number of nitrogens with zero attached hydrogens (tertiary/aromatic N) is 2. The predicted molar refractivity (Wildman–Crippen MR) is 65.1 cm³/mol. The minimum Gasteiger partial charge on any atom is -0.481 e. The summed E-state index contributed by atoms with van der Waals surface area (Å²) in [6, 6.07) is 7.86. The molecule has 4 nitrogen and oxygen atoms in total. The Kier molecular flexibility index (Phi) is 3.19. The van der Waals surface area contributed by atoms with E-state index in [1.165, 1.54) is 0 Å². The number of nitrogens with one attached hydrogen (secondary N) is 1. The molecule has 1 N–H and O–H groups in total. The van der Waals surface area contributed by atoms with Gasteiger partial charge in [0.05, 0.1) is 17.6 Å². The van der Waals surface area contributed by atoms with Crippen molar-refractivity contribution in [2.24, 2.45) is 4.99 Å². The number of ether oxygens (including phenoxy) is 1. The van der Waals surface area contributed by atoms with Gasteiger partial charge in [0.25, 0.3) is 0 Å². The van der Waals surface area contributed by atoms with E-state index >= 15 is 0 Å². The van der Waals surface area contributed by atoms with E-state index in [2.05, 4.69) is 15.0 Å². The van der Waals surface area contributed by atoms with E-state index in [-0.39, 0.29) is 0 Å². The first-order valence-corrected chi connectivity index (χ1v) is 5.48. The standard InChI is InChI=1S/C12H15N3O/c1-3-11(16-4-2)15-12-13-9-7-5-6-8-10(9)14-12/h5-8H,3-4H2,1-2H3,(H,13,14). The molecule has 1 aromatic carbocycles. The number of benzene rings is 1. The van der Waals surface area contributed by atoms with Crippen molar-refractivity contribution in [2.75, 3.05) is 6.61 Å². The van der Waals surface area contributed by atoms with Crippen molar-refractivity contribution in [3.63, 3.8) is 0 Å². The molecule has 0 bridgehead atoms. The lowest BCUT2D eigenvalue weighted by atomic mass is 10.3. The summed E-state index contributed by atoms with van der Waals surface area (Å²) >= 11 is 0. The van der Waals surface area contributed by atoms with Crippen LogP contribution in [0.5, 0.6) is 0 Å². The molecule has 0 saturated heterocycles. The fourth-order valence-corrected chi connectivity index (χ4v) is 1.49. The number of H-pyrrole nitrogens is 1. The fourth-order valence-electron chi connectivity index (χ4n) is 1.49. The van der Waals surface area contributed by atoms with Crippen molar-refractivity contribution in [1.29, 1.82) is 0 Å². The molecule has 0 spiro atoms. The molecule has 0 amide bonds. The van der Waals surface area contributed by atoms with E-state index in [0.717, 1.165) is 17.5 Å². The minimum absolute atomic E-state index is 0.603. The molecule has 1 heterocycles. The Morgan fingerprint density at radius 2 is 2.19 bits per heavy atom. The molecule has 16 heavy (non-hydrogen) atoms. The van der Waals surface area contributed by atoms with Crippen LogP contribution in [-0.2, 0) is 4.74 Å². The zero-order valence-corrected chi connectivity index (χ0v) is 9.53. The van der Waals surface area contributed by atoms with Gasteiger partial charge in [0.15, 0.2) is 5.90 Å². The van der Waals surface area contributed by atoms with Crippen molar-refractivity contribution in [2.45, 2.75) is 20.3 Å². The van der Waals surface area contributed by atoms with Crippen LogP contribution in [0.2, 0.25) is 0 Å². The first-order valence-electron chi connectivity index (χ1n) is 5.48. The monoisotopic (exact) mass is 217 g/mol. The Labute approximate surface area is 94.4 Å². The van der Waals surface area contributed by atoms with Crippen LogP contribution in [0.4, 0.5) is 5.95 Å². The average molecular weight is 217 g/mol. The van der Waals surface area contributed by atoms with E-state index < -0.39 is 0 Å². The maximum absolute atomic E-state index is 5.38. The Morgan fingerprint density at radius 3 is 2.88 bits per heavy atom. The number of hydrogen-bond acceptors (Lipinski definition) is 3. The van der Waals surface area contributed by atoms with E-state index in [1.807, 2.05) is 38.1 Å². The van der Waals surface area contributed by atoms with Gasteiger partial charge in [-0.1, -0.05) is 19.1 Å². The first-order chi connectivity index (χ1) is 7.83. The lowest BCUT2D eigenvalue weighted by molar-refractivity contribution is 0.319. The summed E-state index contributed by atoms with van der Waals surface area (Å²) in [5.74, 6) is 1.31. The number of aromatic nitrogens is 2. The van der Waals surface area contributed by atoms with Gasteiger partial charge >= 0.3 is 0 Å². The normalized spacial score (nSPS) is 12.0. The van der Waals surface area contributed by atoms with Crippen LogP contribution in [0.25, 0.3) is 11.0 Å². The summed E-state index contributed by atoms with van der Waals surface area (Å²) in [6.45, 7) is 4.59. The highest BCUT2D eigenvalue weighted by Gasteiger charge is 2.02. The molecule has 0 unspecified atom stereocenters. The number of para-hydroxylation sites is 2. The van der Waals surface area contributed by atoms with Crippen molar-refractivity contribution >= 4 is 22.9 Å². The summed E-state index contributed by atoms with van der Waals surface area (Å²) in [5.41, 5.74) is 1.92. The fraction of sp³-hybridized carbons (Fsp3) is 0.333. The molecule has 2 aromatic rings. The molecule has 4 heteroatoms. The van der Waals surface area contributed by atoms with Gasteiger partial charge in [-0.2, -0.15) is 4.99 Å². The van der Waals surface area contributed by atoms with E-state index in [9.17, 15) is 0 Å². The Bertz CT molecular complexity index is 469. The van der Waals surface area contributed by atoms with E-state index in [1.54, 1.807) is 0 Å². The summed E-state index contributed by atoms with van der Waals surface area (Å²) in [4.78, 5) is 11.8. The third-order valence-electron chi connectivity index (χ3n) is 2.22. The highest BCUT2D eigenvalue weighted by molar-refractivity contribution is 5.81. The van der Waals surface area contributed by atoms with Crippen LogP contribution >= 0.6 is 0 Å².